The van der Waals surface area contributed by atoms with E-state index in [-0.39, 0.29) is 17.2 Å². The molecule has 0 bridgehead atoms. The number of carboxylic acid groups (broad SMARTS) is 1. The summed E-state index contributed by atoms with van der Waals surface area (Å²) in [5, 5.41) is 19.0. The molecule has 1 aliphatic rings. The lowest BCUT2D eigenvalue weighted by Gasteiger charge is -2.12. The Labute approximate surface area is 160 Å². The highest BCUT2D eigenvalue weighted by atomic mass is 32.2. The van der Waals surface area contributed by atoms with Crippen molar-refractivity contribution in [1.29, 1.82) is 0 Å². The molecule has 0 atom stereocenters. The average molecular weight is 380 g/mol. The fourth-order valence-electron chi connectivity index (χ4n) is 2.43. The number of nitrogens with zero attached hydrogens (tertiary/aromatic N) is 2. The molecule has 1 aliphatic heterocycles. The number of hydrogen-bond acceptors (Lipinski definition) is 5. The molecule has 7 heteroatoms. The van der Waals surface area contributed by atoms with Gasteiger partial charge in [0.25, 0.3) is 5.91 Å². The normalized spacial score (nSPS) is 16.9. The van der Waals surface area contributed by atoms with E-state index in [0.29, 0.717) is 27.9 Å². The third-order valence-corrected chi connectivity index (χ3v) is 4.72. The number of aromatic hydroxyl groups is 1. The van der Waals surface area contributed by atoms with E-state index in [4.69, 9.17) is 5.11 Å². The second kappa shape index (κ2) is 7.92. The Morgan fingerprint density at radius 2 is 1.96 bits per heavy atom. The summed E-state index contributed by atoms with van der Waals surface area (Å²) in [5.41, 5.74) is 1.43. The van der Waals surface area contributed by atoms with E-state index in [2.05, 4.69) is 11.6 Å². The predicted molar refractivity (Wildman–Crippen MR) is 106 cm³/mol. The summed E-state index contributed by atoms with van der Waals surface area (Å²) in [5.74, 6) is -1.12. The molecule has 1 saturated heterocycles. The molecular formula is C20H16N2O4S. The van der Waals surface area contributed by atoms with Crippen LogP contribution in [0.1, 0.15) is 15.9 Å². The van der Waals surface area contributed by atoms with E-state index in [1.807, 2.05) is 0 Å². The van der Waals surface area contributed by atoms with Gasteiger partial charge < -0.3 is 10.2 Å². The van der Waals surface area contributed by atoms with Crippen molar-refractivity contribution in [3.63, 3.8) is 0 Å². The fraction of sp³-hybridized carbons (Fsp3) is 0.0500. The number of benzene rings is 2. The zero-order valence-corrected chi connectivity index (χ0v) is 15.0. The number of carbonyl (C=O) groups excluding carboxylic acids is 1. The van der Waals surface area contributed by atoms with Crippen LogP contribution < -0.4 is 0 Å². The summed E-state index contributed by atoms with van der Waals surface area (Å²) in [6.07, 6.45) is 3.31. The van der Waals surface area contributed by atoms with E-state index in [1.165, 1.54) is 34.9 Å². The van der Waals surface area contributed by atoms with Gasteiger partial charge in [0.15, 0.2) is 5.17 Å². The maximum Gasteiger partial charge on any atom is 0.335 e. The minimum absolute atomic E-state index is 0.0933. The standard InChI is InChI=1S/C20H16N2O4S/c1-2-10-22-18(24)17(11-13-6-8-14(9-7-13)19(25)26)27-20(22)21-15-4-3-5-16(23)12-15/h2-9,11-12,23H,1,10H2,(H,25,26)/b17-11-,21-20?. The van der Waals surface area contributed by atoms with E-state index in [9.17, 15) is 14.7 Å². The van der Waals surface area contributed by atoms with E-state index >= 15 is 0 Å². The van der Waals surface area contributed by atoms with Gasteiger partial charge in [-0.3, -0.25) is 9.69 Å². The van der Waals surface area contributed by atoms with E-state index < -0.39 is 5.97 Å². The molecule has 1 fully saturated rings. The number of rotatable bonds is 5. The third kappa shape index (κ3) is 4.27. The molecular weight excluding hydrogens is 364 g/mol. The van der Waals surface area contributed by atoms with Crippen molar-refractivity contribution in [3.8, 4) is 5.75 Å². The molecule has 27 heavy (non-hydrogen) atoms. The van der Waals surface area contributed by atoms with Crippen molar-refractivity contribution < 1.29 is 19.8 Å². The number of thioether (sulfide) groups is 1. The Hall–Kier alpha value is -3.32. The molecule has 0 unspecified atom stereocenters. The summed E-state index contributed by atoms with van der Waals surface area (Å²) in [4.78, 5) is 30.1. The van der Waals surface area contributed by atoms with Crippen molar-refractivity contribution >= 4 is 40.6 Å². The van der Waals surface area contributed by atoms with Gasteiger partial charge in [-0.15, -0.1) is 6.58 Å². The first-order valence-corrected chi connectivity index (χ1v) is 8.83. The van der Waals surface area contributed by atoms with Crippen LogP contribution in [0, 0.1) is 0 Å². The largest absolute Gasteiger partial charge is 0.508 e. The second-order valence-corrected chi connectivity index (χ2v) is 6.67. The fourth-order valence-corrected chi connectivity index (χ4v) is 3.44. The number of carbonyl (C=O) groups is 2. The zero-order chi connectivity index (χ0) is 19.4. The van der Waals surface area contributed by atoms with Gasteiger partial charge >= 0.3 is 5.97 Å². The molecule has 136 valence electrons. The molecule has 0 spiro atoms. The maximum absolute atomic E-state index is 12.7. The Morgan fingerprint density at radius 3 is 2.59 bits per heavy atom. The Balaban J connectivity index is 1.92. The van der Waals surface area contributed by atoms with Crippen LogP contribution in [0.5, 0.6) is 5.75 Å². The smallest absolute Gasteiger partial charge is 0.335 e. The molecule has 1 heterocycles. The minimum atomic E-state index is -1.00. The first kappa shape index (κ1) is 18.5. The molecule has 2 aromatic rings. The molecule has 0 aliphatic carbocycles. The number of phenols is 1. The third-order valence-electron chi connectivity index (χ3n) is 3.71. The van der Waals surface area contributed by atoms with Gasteiger partial charge in [0.2, 0.25) is 0 Å². The van der Waals surface area contributed by atoms with Gasteiger partial charge in [-0.05, 0) is 47.7 Å². The van der Waals surface area contributed by atoms with Gasteiger partial charge in [-0.1, -0.05) is 24.3 Å². The topological polar surface area (TPSA) is 90.2 Å². The SMILES string of the molecule is C=CCN1C(=O)/C(=C/c2ccc(C(=O)O)cc2)SC1=Nc1cccc(O)c1. The minimum Gasteiger partial charge on any atom is -0.508 e. The number of amides is 1. The lowest BCUT2D eigenvalue weighted by Crippen LogP contribution is -2.29. The molecule has 0 aromatic heterocycles. The molecule has 6 nitrogen and oxygen atoms in total. The van der Waals surface area contributed by atoms with Gasteiger partial charge in [0, 0.05) is 12.6 Å². The molecule has 2 N–H and O–H groups in total. The van der Waals surface area contributed by atoms with Crippen molar-refractivity contribution in [3.05, 3.63) is 77.2 Å². The molecule has 0 radical (unpaired) electrons. The van der Waals surface area contributed by atoms with Gasteiger partial charge in [0.05, 0.1) is 16.2 Å². The van der Waals surface area contributed by atoms with Crippen molar-refractivity contribution in [2.75, 3.05) is 6.54 Å². The summed E-state index contributed by atoms with van der Waals surface area (Å²) in [7, 11) is 0. The van der Waals surface area contributed by atoms with Crippen LogP contribution in [0.15, 0.2) is 71.1 Å². The molecule has 0 saturated carbocycles. The molecule has 2 aromatic carbocycles. The number of phenolic OH excluding ortho intramolecular Hbond substituents is 1. The predicted octanol–water partition coefficient (Wildman–Crippen LogP) is 3.88. The lowest BCUT2D eigenvalue weighted by molar-refractivity contribution is -0.121. The number of aromatic carboxylic acids is 1. The zero-order valence-electron chi connectivity index (χ0n) is 14.2. The Morgan fingerprint density at radius 1 is 1.22 bits per heavy atom. The summed E-state index contributed by atoms with van der Waals surface area (Å²) >= 11 is 1.21. The van der Waals surface area contributed by atoms with Crippen LogP contribution in [0.4, 0.5) is 5.69 Å². The van der Waals surface area contributed by atoms with Crippen LogP contribution in [0.3, 0.4) is 0 Å². The van der Waals surface area contributed by atoms with Crippen molar-refractivity contribution in [2.24, 2.45) is 4.99 Å². The highest BCUT2D eigenvalue weighted by Crippen LogP contribution is 2.34. The molecule has 3 rings (SSSR count). The monoisotopic (exact) mass is 380 g/mol. The highest BCUT2D eigenvalue weighted by Gasteiger charge is 2.32. The second-order valence-electron chi connectivity index (χ2n) is 5.66. The summed E-state index contributed by atoms with van der Waals surface area (Å²) in [6.45, 7) is 3.98. The van der Waals surface area contributed by atoms with E-state index in [0.717, 1.165) is 0 Å². The number of carboxylic acids is 1. The first-order valence-electron chi connectivity index (χ1n) is 8.01. The Bertz CT molecular complexity index is 964. The van der Waals surface area contributed by atoms with Gasteiger partial charge in [-0.25, -0.2) is 9.79 Å². The van der Waals surface area contributed by atoms with E-state index in [1.54, 1.807) is 42.5 Å². The lowest BCUT2D eigenvalue weighted by atomic mass is 10.1. The summed E-state index contributed by atoms with van der Waals surface area (Å²) < 4.78 is 0. The van der Waals surface area contributed by atoms with Crippen LogP contribution in [-0.2, 0) is 4.79 Å². The summed E-state index contributed by atoms with van der Waals surface area (Å²) in [6, 6.07) is 12.7. The van der Waals surface area contributed by atoms with Crippen LogP contribution >= 0.6 is 11.8 Å². The van der Waals surface area contributed by atoms with Crippen LogP contribution in [0.2, 0.25) is 0 Å². The average Bonchev–Trinajstić information content (AvgIpc) is 2.91. The molecule has 1 amide bonds. The van der Waals surface area contributed by atoms with Crippen LogP contribution in [-0.4, -0.2) is 38.7 Å². The Kier molecular flexibility index (Phi) is 5.42. The van der Waals surface area contributed by atoms with Gasteiger partial charge in [-0.2, -0.15) is 0 Å². The van der Waals surface area contributed by atoms with Crippen LogP contribution in [0.25, 0.3) is 6.08 Å². The number of hydrogen-bond donors (Lipinski definition) is 2. The number of aliphatic imine (C=N–C) groups is 1. The van der Waals surface area contributed by atoms with Crippen molar-refractivity contribution in [2.45, 2.75) is 0 Å². The number of amidine groups is 1. The quantitative estimate of drug-likeness (QED) is 0.607. The maximum atomic E-state index is 12.7. The first-order chi connectivity index (χ1) is 13.0. The van der Waals surface area contributed by atoms with Crippen molar-refractivity contribution in [1.82, 2.24) is 4.90 Å². The van der Waals surface area contributed by atoms with Gasteiger partial charge in [0.1, 0.15) is 5.75 Å². The highest BCUT2D eigenvalue weighted by molar-refractivity contribution is 8.18.